The summed E-state index contributed by atoms with van der Waals surface area (Å²) < 4.78 is 10.6. The van der Waals surface area contributed by atoms with Crippen molar-refractivity contribution in [3.63, 3.8) is 0 Å². The van der Waals surface area contributed by atoms with E-state index in [0.717, 1.165) is 39.5 Å². The number of hydrogen-bond acceptors (Lipinski definition) is 4. The minimum absolute atomic E-state index is 0.441. The second kappa shape index (κ2) is 8.03. The van der Waals surface area contributed by atoms with Crippen LogP contribution in [0.1, 0.15) is 20.8 Å². The molecule has 0 amide bonds. The lowest BCUT2D eigenvalue weighted by Gasteiger charge is -2.32. The van der Waals surface area contributed by atoms with Crippen molar-refractivity contribution in [2.75, 3.05) is 46.6 Å². The zero-order valence-electron chi connectivity index (χ0n) is 11.7. The Morgan fingerprint density at radius 3 is 2.41 bits per heavy atom. The van der Waals surface area contributed by atoms with Crippen LogP contribution < -0.4 is 5.32 Å². The second-order valence-electron chi connectivity index (χ2n) is 5.29. The van der Waals surface area contributed by atoms with Crippen LogP contribution in [0.2, 0.25) is 0 Å². The van der Waals surface area contributed by atoms with Gasteiger partial charge in [0.25, 0.3) is 0 Å². The highest BCUT2D eigenvalue weighted by Gasteiger charge is 2.18. The summed E-state index contributed by atoms with van der Waals surface area (Å²) in [6, 6.07) is 0.937. The second-order valence-corrected chi connectivity index (χ2v) is 5.29. The van der Waals surface area contributed by atoms with Crippen LogP contribution in [-0.2, 0) is 9.47 Å². The molecule has 0 saturated carbocycles. The fraction of sp³-hybridized carbons (Fsp3) is 1.00. The zero-order valence-corrected chi connectivity index (χ0v) is 11.7. The molecule has 4 heteroatoms. The van der Waals surface area contributed by atoms with Gasteiger partial charge in [-0.3, -0.25) is 4.90 Å². The van der Waals surface area contributed by atoms with Crippen molar-refractivity contribution in [1.82, 2.24) is 10.2 Å². The van der Waals surface area contributed by atoms with E-state index >= 15 is 0 Å². The molecule has 1 rings (SSSR count). The lowest BCUT2D eigenvalue weighted by atomic mass is 10.0. The van der Waals surface area contributed by atoms with E-state index in [1.165, 1.54) is 0 Å². The van der Waals surface area contributed by atoms with Crippen molar-refractivity contribution < 1.29 is 9.47 Å². The van der Waals surface area contributed by atoms with Crippen LogP contribution >= 0.6 is 0 Å². The Bertz CT molecular complexity index is 194. The summed E-state index contributed by atoms with van der Waals surface area (Å²) in [6.45, 7) is 12.5. The van der Waals surface area contributed by atoms with Crippen molar-refractivity contribution in [1.29, 1.82) is 0 Å². The fourth-order valence-electron chi connectivity index (χ4n) is 2.20. The summed E-state index contributed by atoms with van der Waals surface area (Å²) >= 11 is 0. The highest BCUT2D eigenvalue weighted by atomic mass is 16.5. The molecule has 1 heterocycles. The van der Waals surface area contributed by atoms with E-state index in [9.17, 15) is 0 Å². The Morgan fingerprint density at radius 1 is 1.24 bits per heavy atom. The monoisotopic (exact) mass is 244 g/mol. The minimum Gasteiger partial charge on any atom is -0.383 e. The fourth-order valence-corrected chi connectivity index (χ4v) is 2.20. The Hall–Kier alpha value is -0.160. The quantitative estimate of drug-likeness (QED) is 0.723. The molecular weight excluding hydrogens is 216 g/mol. The highest BCUT2D eigenvalue weighted by molar-refractivity contribution is 4.77. The molecular formula is C13H28N2O2. The van der Waals surface area contributed by atoms with Crippen LogP contribution in [0.4, 0.5) is 0 Å². The number of rotatable bonds is 7. The molecule has 0 radical (unpaired) electrons. The molecule has 1 N–H and O–H groups in total. The molecule has 17 heavy (non-hydrogen) atoms. The molecule has 1 fully saturated rings. The van der Waals surface area contributed by atoms with Gasteiger partial charge in [0, 0.05) is 38.8 Å². The highest BCUT2D eigenvalue weighted by Crippen LogP contribution is 2.05. The smallest absolute Gasteiger partial charge is 0.0618 e. The summed E-state index contributed by atoms with van der Waals surface area (Å²) in [4.78, 5) is 2.46. The maximum absolute atomic E-state index is 5.36. The topological polar surface area (TPSA) is 33.7 Å². The first kappa shape index (κ1) is 14.9. The Morgan fingerprint density at radius 2 is 1.88 bits per heavy atom. The first-order chi connectivity index (χ1) is 8.13. The Balaban J connectivity index is 2.27. The predicted molar refractivity (Wildman–Crippen MR) is 70.4 cm³/mol. The molecule has 0 bridgehead atoms. The standard InChI is InChI=1S/C13H28N2O2/c1-11(2)13(10-16-4)14-12(3)9-15-5-7-17-8-6-15/h11-14H,5-10H2,1-4H3. The van der Waals surface area contributed by atoms with E-state index in [4.69, 9.17) is 9.47 Å². The largest absolute Gasteiger partial charge is 0.383 e. The molecule has 0 aliphatic carbocycles. The molecule has 4 nitrogen and oxygen atoms in total. The average molecular weight is 244 g/mol. The summed E-state index contributed by atoms with van der Waals surface area (Å²) in [5, 5.41) is 3.66. The molecule has 1 aliphatic rings. The van der Waals surface area contributed by atoms with Crippen LogP contribution in [0, 0.1) is 5.92 Å². The maximum atomic E-state index is 5.36. The number of nitrogens with one attached hydrogen (secondary N) is 1. The van der Waals surface area contributed by atoms with Gasteiger partial charge in [-0.15, -0.1) is 0 Å². The van der Waals surface area contributed by atoms with Gasteiger partial charge >= 0.3 is 0 Å². The van der Waals surface area contributed by atoms with Crippen LogP contribution in [0.25, 0.3) is 0 Å². The van der Waals surface area contributed by atoms with Crippen molar-refractivity contribution in [3.8, 4) is 0 Å². The van der Waals surface area contributed by atoms with Crippen molar-refractivity contribution in [2.45, 2.75) is 32.9 Å². The lowest BCUT2D eigenvalue weighted by Crippen LogP contribution is -2.49. The summed E-state index contributed by atoms with van der Waals surface area (Å²) in [5.74, 6) is 0.599. The molecule has 1 aliphatic heterocycles. The first-order valence-corrected chi connectivity index (χ1v) is 6.68. The number of ether oxygens (including phenoxy) is 2. The predicted octanol–water partition coefficient (Wildman–Crippen LogP) is 0.968. The van der Waals surface area contributed by atoms with Gasteiger partial charge in [0.1, 0.15) is 0 Å². The average Bonchev–Trinajstić information content (AvgIpc) is 2.29. The van der Waals surface area contributed by atoms with E-state index in [1.807, 2.05) is 0 Å². The van der Waals surface area contributed by atoms with Crippen molar-refractivity contribution >= 4 is 0 Å². The number of hydrogen-bond donors (Lipinski definition) is 1. The summed E-state index contributed by atoms with van der Waals surface area (Å²) in [6.07, 6.45) is 0. The van der Waals surface area contributed by atoms with Gasteiger partial charge in [-0.1, -0.05) is 13.8 Å². The Labute approximate surface area is 106 Å². The lowest BCUT2D eigenvalue weighted by molar-refractivity contribution is 0.0323. The zero-order chi connectivity index (χ0) is 12.7. The van der Waals surface area contributed by atoms with Crippen molar-refractivity contribution in [2.24, 2.45) is 5.92 Å². The number of methoxy groups -OCH3 is 1. The molecule has 102 valence electrons. The minimum atomic E-state index is 0.441. The van der Waals surface area contributed by atoms with Gasteiger partial charge in [0.15, 0.2) is 0 Å². The van der Waals surface area contributed by atoms with Crippen LogP contribution in [0.3, 0.4) is 0 Å². The van der Waals surface area contributed by atoms with Crippen LogP contribution in [0.15, 0.2) is 0 Å². The van der Waals surface area contributed by atoms with E-state index in [1.54, 1.807) is 7.11 Å². The van der Waals surface area contributed by atoms with Gasteiger partial charge < -0.3 is 14.8 Å². The normalized spacial score (nSPS) is 21.7. The van der Waals surface area contributed by atoms with Crippen LogP contribution in [-0.4, -0.2) is 63.5 Å². The third-order valence-electron chi connectivity index (χ3n) is 3.29. The molecule has 1 saturated heterocycles. The van der Waals surface area contributed by atoms with Crippen LogP contribution in [0.5, 0.6) is 0 Å². The maximum Gasteiger partial charge on any atom is 0.0618 e. The molecule has 0 aromatic rings. The molecule has 0 aromatic heterocycles. The van der Waals surface area contributed by atoms with Gasteiger partial charge in [-0.25, -0.2) is 0 Å². The molecule has 2 unspecified atom stereocenters. The van der Waals surface area contributed by atoms with E-state index < -0.39 is 0 Å². The first-order valence-electron chi connectivity index (χ1n) is 6.68. The molecule has 2 atom stereocenters. The molecule has 0 aromatic carbocycles. The number of nitrogens with zero attached hydrogens (tertiary/aromatic N) is 1. The van der Waals surface area contributed by atoms with Crippen molar-refractivity contribution in [3.05, 3.63) is 0 Å². The number of morpholine rings is 1. The van der Waals surface area contributed by atoms with E-state index in [2.05, 4.69) is 31.0 Å². The summed E-state index contributed by atoms with van der Waals surface area (Å²) in [7, 11) is 1.77. The Kier molecular flexibility index (Phi) is 7.04. The van der Waals surface area contributed by atoms with Gasteiger partial charge in [0.2, 0.25) is 0 Å². The molecule has 0 spiro atoms. The third kappa shape index (κ3) is 5.82. The van der Waals surface area contributed by atoms with Gasteiger partial charge in [-0.05, 0) is 12.8 Å². The third-order valence-corrected chi connectivity index (χ3v) is 3.29. The van der Waals surface area contributed by atoms with Gasteiger partial charge in [-0.2, -0.15) is 0 Å². The van der Waals surface area contributed by atoms with Gasteiger partial charge in [0.05, 0.1) is 19.8 Å². The van der Waals surface area contributed by atoms with E-state index in [-0.39, 0.29) is 0 Å². The summed E-state index contributed by atoms with van der Waals surface area (Å²) in [5.41, 5.74) is 0. The van der Waals surface area contributed by atoms with E-state index in [0.29, 0.717) is 18.0 Å². The SMILES string of the molecule is COCC(NC(C)CN1CCOCC1)C(C)C.